The Morgan fingerprint density at radius 2 is 1.80 bits per heavy atom. The number of carbonyl (C=O) groups is 3. The van der Waals surface area contributed by atoms with Crippen molar-refractivity contribution in [3.8, 4) is 5.75 Å². The van der Waals surface area contributed by atoms with Crippen molar-refractivity contribution in [1.29, 1.82) is 0 Å². The molecule has 5 rings (SSSR count). The molecular weight excluding hydrogens is 588 g/mol. The Morgan fingerprint density at radius 1 is 1.05 bits per heavy atom. The van der Waals surface area contributed by atoms with Crippen molar-refractivity contribution in [2.75, 3.05) is 19.6 Å². The smallest absolute Gasteiger partial charge is 0.334 e. The van der Waals surface area contributed by atoms with E-state index < -0.39 is 12.2 Å². The summed E-state index contributed by atoms with van der Waals surface area (Å²) in [5.41, 5.74) is 2.39. The number of amides is 4. The van der Waals surface area contributed by atoms with Gasteiger partial charge in [-0.1, -0.05) is 54.6 Å². The molecule has 41 heavy (non-hydrogen) atoms. The van der Waals surface area contributed by atoms with E-state index in [1.807, 2.05) is 48.5 Å². The molecule has 0 radical (unpaired) electrons. The average Bonchev–Trinajstić information content (AvgIpc) is 2.96. The van der Waals surface area contributed by atoms with Crippen molar-refractivity contribution in [1.82, 2.24) is 30.1 Å². The highest BCUT2D eigenvalue weighted by molar-refractivity contribution is 9.10. The lowest BCUT2D eigenvalue weighted by atomic mass is 9.98. The molecular formula is C30H31BrN6O4. The van der Waals surface area contributed by atoms with Gasteiger partial charge in [0.1, 0.15) is 22.6 Å². The van der Waals surface area contributed by atoms with E-state index in [0.29, 0.717) is 16.8 Å². The van der Waals surface area contributed by atoms with Gasteiger partial charge in [-0.15, -0.1) is 6.58 Å². The molecule has 2 aromatic carbocycles. The summed E-state index contributed by atoms with van der Waals surface area (Å²) in [7, 11) is 0. The summed E-state index contributed by atoms with van der Waals surface area (Å²) in [4.78, 5) is 49.1. The van der Waals surface area contributed by atoms with Gasteiger partial charge in [-0.05, 0) is 51.3 Å². The topological polar surface area (TPSA) is 109 Å². The second-order valence-electron chi connectivity index (χ2n) is 9.96. The van der Waals surface area contributed by atoms with Crippen LogP contribution in [0.3, 0.4) is 0 Å². The first kappa shape index (κ1) is 28.3. The standard InChI is InChI=1S/C30H31BrN6O4/c1-2-15-35-20-28(39)36-25(16-21-11-13-24(38)14-12-21)29(40)34(18-23-9-6-10-26(31)33-23)19-27(36)37(35)30(41)32-17-22-7-4-3-5-8-22/h2-14,25,27,38H,1,15-20H2,(H,32,41)/t25-,27-/m0/s1. The maximum Gasteiger partial charge on any atom is 0.334 e. The fourth-order valence-electron chi connectivity index (χ4n) is 5.29. The number of benzene rings is 2. The van der Waals surface area contributed by atoms with Crippen molar-refractivity contribution in [2.24, 2.45) is 0 Å². The number of carbonyl (C=O) groups excluding carboxylic acids is 3. The summed E-state index contributed by atoms with van der Waals surface area (Å²) < 4.78 is 0.647. The van der Waals surface area contributed by atoms with Gasteiger partial charge in [0.15, 0.2) is 0 Å². The van der Waals surface area contributed by atoms with E-state index in [-0.39, 0.29) is 56.2 Å². The van der Waals surface area contributed by atoms with E-state index in [1.54, 1.807) is 50.2 Å². The molecule has 212 valence electrons. The lowest BCUT2D eigenvalue weighted by molar-refractivity contribution is -0.189. The quantitative estimate of drug-likeness (QED) is 0.296. The van der Waals surface area contributed by atoms with Gasteiger partial charge in [-0.25, -0.2) is 19.8 Å². The van der Waals surface area contributed by atoms with Crippen molar-refractivity contribution < 1.29 is 19.5 Å². The third kappa shape index (κ3) is 6.41. The number of urea groups is 1. The van der Waals surface area contributed by atoms with Crippen LogP contribution in [-0.2, 0) is 29.1 Å². The summed E-state index contributed by atoms with van der Waals surface area (Å²) in [6.07, 6.45) is 1.12. The molecule has 2 aliphatic rings. The minimum Gasteiger partial charge on any atom is -0.508 e. The maximum atomic E-state index is 14.0. The molecule has 3 aromatic rings. The molecule has 2 N–H and O–H groups in total. The molecule has 0 aliphatic carbocycles. The van der Waals surface area contributed by atoms with Crippen molar-refractivity contribution >= 4 is 33.8 Å². The number of phenols is 1. The van der Waals surface area contributed by atoms with Crippen LogP contribution < -0.4 is 5.32 Å². The van der Waals surface area contributed by atoms with Gasteiger partial charge in [-0.3, -0.25) is 9.59 Å². The lowest BCUT2D eigenvalue weighted by Gasteiger charge is -2.55. The number of hydrogen-bond acceptors (Lipinski definition) is 6. The van der Waals surface area contributed by atoms with Crippen LogP contribution in [0.5, 0.6) is 5.75 Å². The Hall–Kier alpha value is -4.22. The van der Waals surface area contributed by atoms with Gasteiger partial charge >= 0.3 is 6.03 Å². The minimum atomic E-state index is -0.853. The number of phenolic OH excluding ortho intramolecular Hbond substituents is 1. The number of nitrogens with zero attached hydrogens (tertiary/aromatic N) is 5. The second kappa shape index (κ2) is 12.5. The van der Waals surface area contributed by atoms with Crippen LogP contribution in [0.15, 0.2) is 90.1 Å². The Bertz CT molecular complexity index is 1420. The first-order valence-electron chi connectivity index (χ1n) is 13.3. The zero-order chi connectivity index (χ0) is 28.9. The lowest BCUT2D eigenvalue weighted by Crippen LogP contribution is -2.76. The van der Waals surface area contributed by atoms with Gasteiger partial charge in [-0.2, -0.15) is 0 Å². The van der Waals surface area contributed by atoms with Gasteiger partial charge in [0, 0.05) is 19.5 Å². The number of aromatic hydroxyl groups is 1. The highest BCUT2D eigenvalue weighted by Gasteiger charge is 2.51. The average molecular weight is 620 g/mol. The molecule has 2 fully saturated rings. The van der Waals surface area contributed by atoms with Crippen molar-refractivity contribution in [3.63, 3.8) is 0 Å². The molecule has 2 saturated heterocycles. The highest BCUT2D eigenvalue weighted by atomic mass is 79.9. The molecule has 1 aromatic heterocycles. The van der Waals surface area contributed by atoms with E-state index in [4.69, 9.17) is 0 Å². The molecule has 11 heteroatoms. The Labute approximate surface area is 247 Å². The molecule has 0 bridgehead atoms. The third-order valence-electron chi connectivity index (χ3n) is 7.16. The predicted octanol–water partition coefficient (Wildman–Crippen LogP) is 3.29. The van der Waals surface area contributed by atoms with Crippen LogP contribution in [0.2, 0.25) is 0 Å². The fourth-order valence-corrected chi connectivity index (χ4v) is 5.67. The van der Waals surface area contributed by atoms with Crippen LogP contribution in [0, 0.1) is 0 Å². The number of rotatable bonds is 8. The Morgan fingerprint density at radius 3 is 2.51 bits per heavy atom. The Kier molecular flexibility index (Phi) is 8.65. The largest absolute Gasteiger partial charge is 0.508 e. The number of hydrogen-bond donors (Lipinski definition) is 2. The summed E-state index contributed by atoms with van der Waals surface area (Å²) in [5.74, 6) is -0.369. The molecule has 0 spiro atoms. The molecule has 2 atom stereocenters. The van der Waals surface area contributed by atoms with E-state index in [0.717, 1.165) is 11.1 Å². The SMILES string of the molecule is C=CCN1CC(=O)N2[C@@H](Cc3ccc(O)cc3)C(=O)N(Cc3cccc(Br)n3)C[C@@H]2N1C(=O)NCc1ccccc1. The normalized spacial score (nSPS) is 19.2. The summed E-state index contributed by atoms with van der Waals surface area (Å²) in [6.45, 7) is 4.64. The van der Waals surface area contributed by atoms with E-state index in [9.17, 15) is 19.5 Å². The van der Waals surface area contributed by atoms with Crippen molar-refractivity contribution in [3.05, 3.63) is 107 Å². The number of nitrogens with one attached hydrogen (secondary N) is 1. The van der Waals surface area contributed by atoms with E-state index >= 15 is 0 Å². The maximum absolute atomic E-state index is 14.0. The van der Waals surface area contributed by atoms with E-state index in [2.05, 4.69) is 32.8 Å². The van der Waals surface area contributed by atoms with Gasteiger partial charge in [0.05, 0.1) is 25.3 Å². The first-order chi connectivity index (χ1) is 19.8. The summed E-state index contributed by atoms with van der Waals surface area (Å²) in [6, 6.07) is 20.4. The zero-order valence-electron chi connectivity index (χ0n) is 22.4. The van der Waals surface area contributed by atoms with Crippen LogP contribution in [-0.4, -0.2) is 79.6 Å². The van der Waals surface area contributed by atoms with Gasteiger partial charge < -0.3 is 20.2 Å². The van der Waals surface area contributed by atoms with Crippen LogP contribution >= 0.6 is 15.9 Å². The molecule has 0 unspecified atom stereocenters. The highest BCUT2D eigenvalue weighted by Crippen LogP contribution is 2.29. The summed E-state index contributed by atoms with van der Waals surface area (Å²) in [5, 5.41) is 16.0. The molecule has 3 heterocycles. The minimum absolute atomic E-state index is 0.0756. The number of halogens is 1. The number of pyridine rings is 1. The van der Waals surface area contributed by atoms with Gasteiger partial charge in [0.25, 0.3) is 0 Å². The number of aromatic nitrogens is 1. The molecule has 0 saturated carbocycles. The fraction of sp³-hybridized carbons (Fsp3) is 0.267. The number of fused-ring (bicyclic) bond motifs is 1. The Balaban J connectivity index is 1.49. The summed E-state index contributed by atoms with van der Waals surface area (Å²) >= 11 is 3.39. The number of piperazine rings is 1. The second-order valence-corrected chi connectivity index (χ2v) is 10.8. The van der Waals surface area contributed by atoms with Gasteiger partial charge in [0.2, 0.25) is 11.8 Å². The molecule has 2 aliphatic heterocycles. The molecule has 10 nitrogen and oxygen atoms in total. The van der Waals surface area contributed by atoms with Crippen LogP contribution in [0.1, 0.15) is 16.8 Å². The monoisotopic (exact) mass is 618 g/mol. The number of hydrazine groups is 1. The third-order valence-corrected chi connectivity index (χ3v) is 7.60. The zero-order valence-corrected chi connectivity index (χ0v) is 24.0. The van der Waals surface area contributed by atoms with E-state index in [1.165, 1.54) is 0 Å². The molecule has 4 amide bonds. The van der Waals surface area contributed by atoms with Crippen LogP contribution in [0.4, 0.5) is 4.79 Å². The predicted molar refractivity (Wildman–Crippen MR) is 156 cm³/mol. The van der Waals surface area contributed by atoms with Crippen molar-refractivity contribution in [2.45, 2.75) is 31.7 Å². The van der Waals surface area contributed by atoms with Crippen LogP contribution in [0.25, 0.3) is 0 Å². The first-order valence-corrected chi connectivity index (χ1v) is 14.1.